The second-order valence-electron chi connectivity index (χ2n) is 6.07. The van der Waals surface area contributed by atoms with Crippen LogP contribution in [0, 0.1) is 17.1 Å². The first-order chi connectivity index (χ1) is 11.7. The molecule has 5 heteroatoms. The van der Waals surface area contributed by atoms with Crippen LogP contribution >= 0.6 is 11.3 Å². The molecule has 0 bridgehead atoms. The molecule has 0 spiro atoms. The Morgan fingerprint density at radius 2 is 2.17 bits per heavy atom. The van der Waals surface area contributed by atoms with Crippen LogP contribution in [0.4, 0.5) is 4.39 Å². The van der Waals surface area contributed by atoms with Crippen LogP contribution in [0.25, 0.3) is 10.2 Å². The molecule has 3 aromatic rings. The van der Waals surface area contributed by atoms with Crippen molar-refractivity contribution in [2.24, 2.45) is 0 Å². The van der Waals surface area contributed by atoms with Gasteiger partial charge in [-0.05, 0) is 49.7 Å². The molecule has 4 rings (SSSR count). The molecule has 0 saturated carbocycles. The van der Waals surface area contributed by atoms with Crippen LogP contribution in [0.5, 0.6) is 0 Å². The maximum absolute atomic E-state index is 14.1. The summed E-state index contributed by atoms with van der Waals surface area (Å²) in [6.45, 7) is 1.44. The molecule has 2 heterocycles. The van der Waals surface area contributed by atoms with E-state index < -0.39 is 0 Å². The number of benzene rings is 2. The molecular formula is C19H16FN3S. The Balaban J connectivity index is 1.62. The van der Waals surface area contributed by atoms with E-state index in [0.717, 1.165) is 29.9 Å². The highest BCUT2D eigenvalue weighted by Crippen LogP contribution is 2.37. The SMILES string of the molecule is N#Cc1ccc(F)c(CN2CCC[C@@H]2c2nc3ccccc3s2)c1. The van der Waals surface area contributed by atoms with Gasteiger partial charge in [0.1, 0.15) is 10.8 Å². The van der Waals surface area contributed by atoms with E-state index in [2.05, 4.69) is 17.0 Å². The molecule has 1 fully saturated rings. The van der Waals surface area contributed by atoms with E-state index >= 15 is 0 Å². The Kier molecular flexibility index (Phi) is 4.01. The van der Waals surface area contributed by atoms with Crippen molar-refractivity contribution in [1.82, 2.24) is 9.88 Å². The van der Waals surface area contributed by atoms with Crippen molar-refractivity contribution in [2.45, 2.75) is 25.4 Å². The number of hydrogen-bond acceptors (Lipinski definition) is 4. The number of rotatable bonds is 3. The Morgan fingerprint density at radius 1 is 1.29 bits per heavy atom. The number of para-hydroxylation sites is 1. The molecule has 1 aliphatic heterocycles. The van der Waals surface area contributed by atoms with Gasteiger partial charge in [0.15, 0.2) is 0 Å². The van der Waals surface area contributed by atoms with Gasteiger partial charge in [0.2, 0.25) is 0 Å². The van der Waals surface area contributed by atoms with Crippen molar-refractivity contribution < 1.29 is 4.39 Å². The van der Waals surface area contributed by atoms with Crippen molar-refractivity contribution in [2.75, 3.05) is 6.54 Å². The van der Waals surface area contributed by atoms with Crippen LogP contribution in [0.15, 0.2) is 42.5 Å². The normalized spacial score (nSPS) is 18.1. The Bertz CT molecular complexity index is 895. The smallest absolute Gasteiger partial charge is 0.127 e. The highest BCUT2D eigenvalue weighted by atomic mass is 32.1. The predicted octanol–water partition coefficient (Wildman–Crippen LogP) is 4.64. The van der Waals surface area contributed by atoms with Gasteiger partial charge >= 0.3 is 0 Å². The number of nitriles is 1. The number of halogens is 1. The summed E-state index contributed by atoms with van der Waals surface area (Å²) < 4.78 is 15.3. The van der Waals surface area contributed by atoms with Crippen molar-refractivity contribution in [3.05, 3.63) is 64.4 Å². The third-order valence-electron chi connectivity index (χ3n) is 4.51. The van der Waals surface area contributed by atoms with Crippen molar-refractivity contribution in [3.8, 4) is 6.07 Å². The van der Waals surface area contributed by atoms with Gasteiger partial charge in [-0.25, -0.2) is 9.37 Å². The maximum atomic E-state index is 14.1. The molecule has 1 aliphatic rings. The zero-order chi connectivity index (χ0) is 16.5. The quantitative estimate of drug-likeness (QED) is 0.699. The Hall–Kier alpha value is -2.29. The van der Waals surface area contributed by atoms with Gasteiger partial charge in [-0.1, -0.05) is 12.1 Å². The van der Waals surface area contributed by atoms with Crippen LogP contribution in [0.2, 0.25) is 0 Å². The Labute approximate surface area is 144 Å². The molecule has 0 unspecified atom stereocenters. The van der Waals surface area contributed by atoms with Crippen LogP contribution in [-0.4, -0.2) is 16.4 Å². The van der Waals surface area contributed by atoms with Gasteiger partial charge in [-0.15, -0.1) is 11.3 Å². The van der Waals surface area contributed by atoms with Crippen molar-refractivity contribution >= 4 is 21.6 Å². The van der Waals surface area contributed by atoms with E-state index in [9.17, 15) is 4.39 Å². The first-order valence-electron chi connectivity index (χ1n) is 8.02. The van der Waals surface area contributed by atoms with E-state index in [1.165, 1.54) is 16.8 Å². The van der Waals surface area contributed by atoms with E-state index in [-0.39, 0.29) is 11.9 Å². The fraction of sp³-hybridized carbons (Fsp3) is 0.263. The predicted molar refractivity (Wildman–Crippen MR) is 93.1 cm³/mol. The lowest BCUT2D eigenvalue weighted by molar-refractivity contribution is 0.245. The summed E-state index contributed by atoms with van der Waals surface area (Å²) in [6.07, 6.45) is 2.12. The summed E-state index contributed by atoms with van der Waals surface area (Å²) >= 11 is 1.72. The fourth-order valence-electron chi connectivity index (χ4n) is 3.31. The highest BCUT2D eigenvalue weighted by molar-refractivity contribution is 7.18. The molecular weight excluding hydrogens is 321 g/mol. The summed E-state index contributed by atoms with van der Waals surface area (Å²) in [6, 6.07) is 15.0. The number of thiazole rings is 1. The molecule has 1 saturated heterocycles. The lowest BCUT2D eigenvalue weighted by Crippen LogP contribution is -2.23. The van der Waals surface area contributed by atoms with Crippen LogP contribution in [0.1, 0.15) is 35.0 Å². The number of likely N-dealkylation sites (tertiary alicyclic amines) is 1. The van der Waals surface area contributed by atoms with Gasteiger partial charge in [0.25, 0.3) is 0 Å². The third-order valence-corrected chi connectivity index (χ3v) is 5.65. The fourth-order valence-corrected chi connectivity index (χ4v) is 4.45. The van der Waals surface area contributed by atoms with Gasteiger partial charge in [-0.2, -0.15) is 5.26 Å². The molecule has 0 aliphatic carbocycles. The summed E-state index contributed by atoms with van der Waals surface area (Å²) in [4.78, 5) is 7.05. The number of hydrogen-bond donors (Lipinski definition) is 0. The molecule has 3 nitrogen and oxygen atoms in total. The van der Waals surface area contributed by atoms with E-state index in [4.69, 9.17) is 10.2 Å². The standard InChI is InChI=1S/C19H16FN3S/c20-15-8-7-13(11-21)10-14(15)12-23-9-3-5-17(23)19-22-16-4-1-2-6-18(16)24-19/h1-2,4,6-8,10,17H,3,5,9,12H2/t17-/m1/s1. The van der Waals surface area contributed by atoms with Gasteiger partial charge in [-0.3, -0.25) is 4.90 Å². The topological polar surface area (TPSA) is 39.9 Å². The van der Waals surface area contributed by atoms with Gasteiger partial charge in [0.05, 0.1) is 27.9 Å². The van der Waals surface area contributed by atoms with E-state index in [0.29, 0.717) is 17.7 Å². The average Bonchev–Trinajstić information content (AvgIpc) is 3.22. The Morgan fingerprint density at radius 3 is 3.00 bits per heavy atom. The minimum atomic E-state index is -0.246. The zero-order valence-electron chi connectivity index (χ0n) is 13.1. The lowest BCUT2D eigenvalue weighted by Gasteiger charge is -2.23. The summed E-state index contributed by atoms with van der Waals surface area (Å²) in [5, 5.41) is 10.1. The van der Waals surface area contributed by atoms with E-state index in [1.807, 2.05) is 18.2 Å². The summed E-state index contributed by atoms with van der Waals surface area (Å²) in [7, 11) is 0. The molecule has 1 atom stereocenters. The minimum Gasteiger partial charge on any atom is -0.290 e. The molecule has 0 amide bonds. The van der Waals surface area contributed by atoms with Crippen molar-refractivity contribution in [1.29, 1.82) is 5.26 Å². The van der Waals surface area contributed by atoms with Gasteiger partial charge in [0, 0.05) is 12.1 Å². The number of nitrogens with zero attached hydrogens (tertiary/aromatic N) is 3. The maximum Gasteiger partial charge on any atom is 0.127 e. The lowest BCUT2D eigenvalue weighted by atomic mass is 10.1. The number of aromatic nitrogens is 1. The van der Waals surface area contributed by atoms with Crippen LogP contribution < -0.4 is 0 Å². The molecule has 24 heavy (non-hydrogen) atoms. The highest BCUT2D eigenvalue weighted by Gasteiger charge is 2.29. The first kappa shape index (κ1) is 15.3. The average molecular weight is 337 g/mol. The van der Waals surface area contributed by atoms with Gasteiger partial charge < -0.3 is 0 Å². The first-order valence-corrected chi connectivity index (χ1v) is 8.84. The van der Waals surface area contributed by atoms with Crippen LogP contribution in [0.3, 0.4) is 0 Å². The second-order valence-corrected chi connectivity index (χ2v) is 7.13. The number of fused-ring (bicyclic) bond motifs is 1. The van der Waals surface area contributed by atoms with Crippen molar-refractivity contribution in [3.63, 3.8) is 0 Å². The monoisotopic (exact) mass is 337 g/mol. The zero-order valence-corrected chi connectivity index (χ0v) is 13.9. The second kappa shape index (κ2) is 6.31. The summed E-state index contributed by atoms with van der Waals surface area (Å²) in [5.41, 5.74) is 2.12. The van der Waals surface area contributed by atoms with Crippen LogP contribution in [-0.2, 0) is 6.54 Å². The molecule has 0 radical (unpaired) electrons. The molecule has 1 aromatic heterocycles. The third kappa shape index (κ3) is 2.79. The molecule has 2 aromatic carbocycles. The summed E-state index contributed by atoms with van der Waals surface area (Å²) in [5.74, 6) is -0.246. The van der Waals surface area contributed by atoms with E-state index in [1.54, 1.807) is 17.4 Å². The minimum absolute atomic E-state index is 0.229. The largest absolute Gasteiger partial charge is 0.290 e. The molecule has 120 valence electrons. The molecule has 0 N–H and O–H groups in total.